The van der Waals surface area contributed by atoms with Crippen molar-refractivity contribution in [2.24, 2.45) is 11.8 Å². The number of hydrogen-bond donors (Lipinski definition) is 3. The number of carbonyl (C=O) groups excluding carboxylic acids is 3. The molecule has 0 aliphatic carbocycles. The van der Waals surface area contributed by atoms with Crippen LogP contribution in [0.2, 0.25) is 0 Å². The number of aliphatic hydroxyl groups is 1. The van der Waals surface area contributed by atoms with Crippen molar-refractivity contribution in [1.82, 2.24) is 15.5 Å². The Labute approximate surface area is 182 Å². The Morgan fingerprint density at radius 2 is 1.94 bits per heavy atom. The van der Waals surface area contributed by atoms with E-state index in [1.54, 1.807) is 11.9 Å². The molecule has 2 unspecified atom stereocenters. The van der Waals surface area contributed by atoms with E-state index in [-0.39, 0.29) is 24.3 Å². The first-order valence-electron chi connectivity index (χ1n) is 11.0. The Hall–Kier alpha value is -2.45. The van der Waals surface area contributed by atoms with Crippen LogP contribution in [-0.2, 0) is 25.7 Å². The minimum atomic E-state index is -0.997. The molecule has 1 aromatic carbocycles. The second-order valence-corrected chi connectivity index (χ2v) is 9.01. The van der Waals surface area contributed by atoms with Crippen molar-refractivity contribution in [3.05, 3.63) is 35.9 Å². The summed E-state index contributed by atoms with van der Waals surface area (Å²) in [7, 11) is 1.56. The number of unbranched alkanes of at least 4 members (excludes halogenated alkanes) is 1. The summed E-state index contributed by atoms with van der Waals surface area (Å²) in [6.07, 6.45) is 2.31. The zero-order valence-corrected chi connectivity index (χ0v) is 18.1. The van der Waals surface area contributed by atoms with Crippen LogP contribution in [0, 0.1) is 11.8 Å². The van der Waals surface area contributed by atoms with Crippen molar-refractivity contribution in [2.45, 2.75) is 56.4 Å². The maximum absolute atomic E-state index is 13.6. The summed E-state index contributed by atoms with van der Waals surface area (Å²) in [4.78, 5) is 41.3. The molecule has 0 radical (unpaired) electrons. The number of ether oxygens (including phenoxy) is 1. The molecule has 3 aliphatic heterocycles. The highest BCUT2D eigenvalue weighted by Gasteiger charge is 2.77. The smallest absolute Gasteiger partial charge is 0.246 e. The van der Waals surface area contributed by atoms with Gasteiger partial charge in [0.25, 0.3) is 0 Å². The Kier molecular flexibility index (Phi) is 5.79. The third-order valence-corrected chi connectivity index (χ3v) is 7.17. The lowest BCUT2D eigenvalue weighted by molar-refractivity contribution is -0.146. The number of nitrogens with one attached hydrogen (secondary N) is 2. The average Bonchev–Trinajstić information content (AvgIpc) is 3.33. The normalized spacial score (nSPS) is 33.5. The molecule has 31 heavy (non-hydrogen) atoms. The van der Waals surface area contributed by atoms with Gasteiger partial charge in [0.2, 0.25) is 17.7 Å². The summed E-state index contributed by atoms with van der Waals surface area (Å²) >= 11 is 0. The quantitative estimate of drug-likeness (QED) is 0.524. The number of likely N-dealkylation sites (tertiary alicyclic amines) is 1. The third-order valence-electron chi connectivity index (χ3n) is 7.17. The zero-order chi connectivity index (χ0) is 22.2. The molecule has 1 aromatic rings. The van der Waals surface area contributed by atoms with Crippen LogP contribution in [0.5, 0.6) is 0 Å². The second kappa shape index (κ2) is 8.24. The predicted molar refractivity (Wildman–Crippen MR) is 113 cm³/mol. The molecule has 5 atom stereocenters. The SMILES string of the molecule is CNC(=O)[C@H]1[C@H]2C(=O)N(CCCCO)C(C(=O)NCc3ccccc3)C23CC[C@]1(C)O3. The van der Waals surface area contributed by atoms with Crippen molar-refractivity contribution in [1.29, 1.82) is 0 Å². The Balaban J connectivity index is 1.64. The fourth-order valence-corrected chi connectivity index (χ4v) is 5.80. The molecule has 3 saturated heterocycles. The first-order valence-corrected chi connectivity index (χ1v) is 11.0. The lowest BCUT2D eigenvalue weighted by atomic mass is 9.66. The highest BCUT2D eigenvalue weighted by molar-refractivity contribution is 5.99. The molecule has 168 valence electrons. The molecule has 0 saturated carbocycles. The molecular weight excluding hydrogens is 398 g/mol. The number of fused-ring (bicyclic) bond motifs is 1. The van der Waals surface area contributed by atoms with E-state index in [2.05, 4.69) is 10.6 Å². The van der Waals surface area contributed by atoms with Gasteiger partial charge in [-0.3, -0.25) is 14.4 Å². The summed E-state index contributed by atoms with van der Waals surface area (Å²) in [5.74, 6) is -1.97. The number of hydrogen-bond acceptors (Lipinski definition) is 5. The van der Waals surface area contributed by atoms with Gasteiger partial charge in [0.1, 0.15) is 11.6 Å². The van der Waals surface area contributed by atoms with Gasteiger partial charge in [0.15, 0.2) is 0 Å². The van der Waals surface area contributed by atoms with Gasteiger partial charge in [-0.2, -0.15) is 0 Å². The number of nitrogens with zero attached hydrogens (tertiary/aromatic N) is 1. The van der Waals surface area contributed by atoms with Gasteiger partial charge in [0.05, 0.1) is 17.4 Å². The molecule has 0 aromatic heterocycles. The predicted octanol–water partition coefficient (Wildman–Crippen LogP) is 0.586. The Bertz CT molecular complexity index is 862. The molecule has 2 bridgehead atoms. The largest absolute Gasteiger partial charge is 0.396 e. The topological polar surface area (TPSA) is 108 Å². The van der Waals surface area contributed by atoms with Crippen LogP contribution < -0.4 is 10.6 Å². The first kappa shape index (κ1) is 21.8. The summed E-state index contributed by atoms with van der Waals surface area (Å²) in [5, 5.41) is 14.8. The van der Waals surface area contributed by atoms with E-state index >= 15 is 0 Å². The van der Waals surface area contributed by atoms with Gasteiger partial charge in [-0.05, 0) is 38.2 Å². The lowest BCUT2D eigenvalue weighted by Gasteiger charge is -2.33. The van der Waals surface area contributed by atoms with E-state index in [9.17, 15) is 19.5 Å². The van der Waals surface area contributed by atoms with Crippen LogP contribution in [0.25, 0.3) is 0 Å². The van der Waals surface area contributed by atoms with E-state index in [0.29, 0.717) is 38.8 Å². The van der Waals surface area contributed by atoms with Crippen molar-refractivity contribution in [3.63, 3.8) is 0 Å². The molecule has 3 heterocycles. The van der Waals surface area contributed by atoms with Crippen LogP contribution in [0.4, 0.5) is 0 Å². The van der Waals surface area contributed by atoms with E-state index in [1.165, 1.54) is 0 Å². The fraction of sp³-hybridized carbons (Fsp3) is 0.609. The summed E-state index contributed by atoms with van der Waals surface area (Å²) in [5.41, 5.74) is -0.786. The number of rotatable bonds is 8. The minimum absolute atomic E-state index is 0.0247. The second-order valence-electron chi connectivity index (χ2n) is 9.01. The number of amides is 3. The summed E-state index contributed by atoms with van der Waals surface area (Å²) < 4.78 is 6.47. The maximum atomic E-state index is 13.6. The lowest BCUT2D eigenvalue weighted by Crippen LogP contribution is -2.55. The van der Waals surface area contributed by atoms with Crippen molar-refractivity contribution >= 4 is 17.7 Å². The standard InChI is InChI=1S/C23H31N3O5/c1-22-10-11-23(31-22)17(16(22)19(28)24-2)21(30)26(12-6-7-13-27)18(23)20(29)25-14-15-8-4-3-5-9-15/h3-5,8-9,16-18,27H,6-7,10-14H2,1-2H3,(H,24,28)(H,25,29)/t16-,17+,18?,22+,23?/m1/s1. The molecule has 4 rings (SSSR count). The van der Waals surface area contributed by atoms with E-state index in [4.69, 9.17) is 4.74 Å². The van der Waals surface area contributed by atoms with E-state index in [1.807, 2.05) is 37.3 Å². The monoisotopic (exact) mass is 429 g/mol. The molecule has 1 spiro atoms. The van der Waals surface area contributed by atoms with Gasteiger partial charge in [-0.25, -0.2) is 0 Å². The molecule has 3 fully saturated rings. The summed E-state index contributed by atoms with van der Waals surface area (Å²) in [6.45, 7) is 2.60. The van der Waals surface area contributed by atoms with Crippen molar-refractivity contribution < 1.29 is 24.2 Å². The number of benzene rings is 1. The van der Waals surface area contributed by atoms with Crippen molar-refractivity contribution in [3.8, 4) is 0 Å². The van der Waals surface area contributed by atoms with Crippen LogP contribution in [0.15, 0.2) is 30.3 Å². The van der Waals surface area contributed by atoms with Crippen molar-refractivity contribution in [2.75, 3.05) is 20.2 Å². The highest BCUT2D eigenvalue weighted by atomic mass is 16.5. The van der Waals surface area contributed by atoms with Crippen LogP contribution in [0.1, 0.15) is 38.2 Å². The first-order chi connectivity index (χ1) is 14.9. The highest BCUT2D eigenvalue weighted by Crippen LogP contribution is 2.63. The maximum Gasteiger partial charge on any atom is 0.246 e. The van der Waals surface area contributed by atoms with Gasteiger partial charge in [-0.1, -0.05) is 30.3 Å². The minimum Gasteiger partial charge on any atom is -0.396 e. The van der Waals surface area contributed by atoms with Crippen LogP contribution in [-0.4, -0.2) is 65.2 Å². The molecule has 8 heteroatoms. The Morgan fingerprint density at radius 3 is 2.61 bits per heavy atom. The molecule has 3 aliphatic rings. The number of aliphatic hydroxyl groups excluding tert-OH is 1. The Morgan fingerprint density at radius 1 is 1.19 bits per heavy atom. The third kappa shape index (κ3) is 3.42. The molecule has 3 N–H and O–H groups in total. The van der Waals surface area contributed by atoms with Gasteiger partial charge < -0.3 is 25.4 Å². The molecule has 8 nitrogen and oxygen atoms in total. The molecule has 3 amide bonds. The molecular formula is C23H31N3O5. The van der Waals surface area contributed by atoms with Gasteiger partial charge >= 0.3 is 0 Å². The van der Waals surface area contributed by atoms with Crippen LogP contribution in [0.3, 0.4) is 0 Å². The van der Waals surface area contributed by atoms with Gasteiger partial charge in [0, 0.05) is 26.7 Å². The van der Waals surface area contributed by atoms with E-state index in [0.717, 1.165) is 5.56 Å². The van der Waals surface area contributed by atoms with E-state index < -0.39 is 29.1 Å². The van der Waals surface area contributed by atoms with Crippen LogP contribution >= 0.6 is 0 Å². The van der Waals surface area contributed by atoms with Gasteiger partial charge in [-0.15, -0.1) is 0 Å². The summed E-state index contributed by atoms with van der Waals surface area (Å²) in [6, 6.07) is 8.81. The number of carbonyl (C=O) groups is 3. The fourth-order valence-electron chi connectivity index (χ4n) is 5.80. The average molecular weight is 430 g/mol. The zero-order valence-electron chi connectivity index (χ0n) is 18.1.